The molecule has 0 spiro atoms. The van der Waals surface area contributed by atoms with Crippen LogP contribution in [0, 0.1) is 17.5 Å². The fourth-order valence-corrected chi connectivity index (χ4v) is 6.14. The summed E-state index contributed by atoms with van der Waals surface area (Å²) in [4.78, 5) is 15.9. The third kappa shape index (κ3) is 4.34. The second-order valence-corrected chi connectivity index (χ2v) is 10.5. The van der Waals surface area contributed by atoms with E-state index in [1.807, 2.05) is 6.07 Å². The molecule has 0 amide bonds. The summed E-state index contributed by atoms with van der Waals surface area (Å²) < 4.78 is 60.5. The Morgan fingerprint density at radius 3 is 2.33 bits per heavy atom. The van der Waals surface area contributed by atoms with E-state index in [0.29, 0.717) is 11.3 Å². The van der Waals surface area contributed by atoms with E-state index in [4.69, 9.17) is 9.26 Å². The van der Waals surface area contributed by atoms with Crippen LogP contribution in [0.4, 0.5) is 18.9 Å². The van der Waals surface area contributed by atoms with Crippen LogP contribution < -0.4 is 10.7 Å². The maximum Gasteiger partial charge on any atom is 0.439 e. The molecule has 39 heavy (non-hydrogen) atoms. The molecule has 8 nitrogen and oxygen atoms in total. The molecule has 2 bridgehead atoms. The first-order valence-corrected chi connectivity index (χ1v) is 13.1. The minimum Gasteiger partial charge on any atom is -0.373 e. The number of hydrogen-bond acceptors (Lipinski definition) is 7. The fourth-order valence-electron chi connectivity index (χ4n) is 6.14. The third-order valence-electron chi connectivity index (χ3n) is 8.07. The Morgan fingerprint density at radius 1 is 0.949 bits per heavy atom. The van der Waals surface area contributed by atoms with Crippen molar-refractivity contribution in [3.63, 3.8) is 0 Å². The maximum absolute atomic E-state index is 14.9. The van der Waals surface area contributed by atoms with E-state index in [0.717, 1.165) is 44.2 Å². The molecule has 0 unspecified atom stereocenters. The highest BCUT2D eigenvalue weighted by Crippen LogP contribution is 2.46. The van der Waals surface area contributed by atoms with E-state index in [-0.39, 0.29) is 53.4 Å². The van der Waals surface area contributed by atoms with Crippen molar-refractivity contribution in [2.24, 2.45) is 0 Å². The molecule has 11 heteroatoms. The molecule has 202 valence electrons. The monoisotopic (exact) mass is 538 g/mol. The smallest absolute Gasteiger partial charge is 0.373 e. The normalized spacial score (nSPS) is 22.5. The van der Waals surface area contributed by atoms with Crippen molar-refractivity contribution in [2.45, 2.75) is 69.2 Å². The maximum atomic E-state index is 14.9. The average Bonchev–Trinajstić information content (AvgIpc) is 3.44. The van der Waals surface area contributed by atoms with Crippen LogP contribution in [0.25, 0.3) is 22.6 Å². The number of H-pyrrole nitrogens is 1. The Hall–Kier alpha value is -3.86. The van der Waals surface area contributed by atoms with Crippen LogP contribution in [0.3, 0.4) is 0 Å². The molecule has 3 fully saturated rings. The van der Waals surface area contributed by atoms with Crippen molar-refractivity contribution in [3.05, 3.63) is 75.7 Å². The topological polar surface area (TPSA) is 97.4 Å². The fraction of sp³-hybridized carbons (Fsp3) is 0.393. The quantitative estimate of drug-likeness (QED) is 0.323. The lowest BCUT2D eigenvalue weighted by Gasteiger charge is -2.40. The number of fused-ring (bicyclic) bond motifs is 2. The van der Waals surface area contributed by atoms with Crippen LogP contribution >= 0.6 is 0 Å². The van der Waals surface area contributed by atoms with Gasteiger partial charge in [0.1, 0.15) is 28.9 Å². The van der Waals surface area contributed by atoms with Gasteiger partial charge in [-0.1, -0.05) is 16.4 Å². The first-order valence-electron chi connectivity index (χ1n) is 13.1. The van der Waals surface area contributed by atoms with Gasteiger partial charge in [0, 0.05) is 29.3 Å². The number of aromatic amines is 1. The van der Waals surface area contributed by atoms with E-state index < -0.39 is 23.2 Å². The summed E-state index contributed by atoms with van der Waals surface area (Å²) in [5, 5.41) is 7.63. The molecule has 4 heterocycles. The molecule has 2 aromatic heterocycles. The van der Waals surface area contributed by atoms with Gasteiger partial charge in [-0.05, 0) is 68.9 Å². The Balaban J connectivity index is 1.08. The summed E-state index contributed by atoms with van der Waals surface area (Å²) in [6.45, 7) is 0.155. The van der Waals surface area contributed by atoms with Crippen LogP contribution in [0.5, 0.6) is 0 Å². The summed E-state index contributed by atoms with van der Waals surface area (Å²) in [6, 6.07) is 8.96. The zero-order valence-corrected chi connectivity index (χ0v) is 20.8. The van der Waals surface area contributed by atoms with Crippen molar-refractivity contribution in [1.82, 2.24) is 15.3 Å². The number of aromatic nitrogens is 3. The molecule has 1 N–H and O–H groups in total. The summed E-state index contributed by atoms with van der Waals surface area (Å²) in [5.74, 6) is -1.72. The molecule has 0 radical (unpaired) electrons. The molecule has 3 atom stereocenters. The highest BCUT2D eigenvalue weighted by Gasteiger charge is 2.42. The molecule has 2 aromatic carbocycles. The number of ether oxygens (including phenoxy) is 1. The summed E-state index contributed by atoms with van der Waals surface area (Å²) in [5.41, 5.74) is 1.51. The first kappa shape index (κ1) is 24.2. The molecule has 3 aliphatic rings. The van der Waals surface area contributed by atoms with Crippen molar-refractivity contribution in [2.75, 3.05) is 4.90 Å². The van der Waals surface area contributed by atoms with Gasteiger partial charge >= 0.3 is 5.76 Å². The van der Waals surface area contributed by atoms with Gasteiger partial charge in [-0.15, -0.1) is 0 Å². The Morgan fingerprint density at radius 2 is 1.69 bits per heavy atom. The number of piperidine rings is 1. The number of rotatable bonds is 7. The second-order valence-electron chi connectivity index (χ2n) is 10.5. The third-order valence-corrected chi connectivity index (χ3v) is 8.07. The van der Waals surface area contributed by atoms with Crippen molar-refractivity contribution >= 4 is 5.69 Å². The van der Waals surface area contributed by atoms with E-state index >= 15 is 0 Å². The highest BCUT2D eigenvalue weighted by atomic mass is 19.1. The minimum atomic E-state index is -0.741. The first-order chi connectivity index (χ1) is 19.0. The molecule has 1 saturated carbocycles. The molecule has 2 saturated heterocycles. The molecular formula is C28H25F3N4O4. The van der Waals surface area contributed by atoms with Crippen LogP contribution in [-0.2, 0) is 11.3 Å². The van der Waals surface area contributed by atoms with Gasteiger partial charge in [0.05, 0.1) is 23.8 Å². The minimum absolute atomic E-state index is 0.0491. The van der Waals surface area contributed by atoms with E-state index in [1.54, 1.807) is 6.07 Å². The van der Waals surface area contributed by atoms with Gasteiger partial charge in [-0.3, -0.25) is 9.51 Å². The average molecular weight is 539 g/mol. The van der Waals surface area contributed by atoms with Crippen LogP contribution in [-0.4, -0.2) is 33.5 Å². The lowest BCUT2D eigenvalue weighted by atomic mass is 9.98. The molecule has 4 aromatic rings. The number of hydrogen-bond donors (Lipinski definition) is 1. The van der Waals surface area contributed by atoms with Gasteiger partial charge in [-0.2, -0.15) is 0 Å². The van der Waals surface area contributed by atoms with Gasteiger partial charge in [0.2, 0.25) is 0 Å². The zero-order chi connectivity index (χ0) is 26.7. The van der Waals surface area contributed by atoms with Crippen LogP contribution in [0.1, 0.15) is 55.8 Å². The standard InChI is InChI=1S/C28H25F3N4O4/c29-21-2-1-3-22(30)24(21)25-20(26(38-33-25)14-4-5-14)13-37-18-10-15-6-7-16(11-18)35(15)17-8-9-19(23(31)12-17)27-32-28(36)39-34-27/h1-3,8-9,12,14-16,18H,4-7,10-11,13H2,(H,32,34,36)/t15-,16+,18+. The van der Waals surface area contributed by atoms with Crippen molar-refractivity contribution in [1.29, 1.82) is 0 Å². The van der Waals surface area contributed by atoms with Crippen LogP contribution in [0.2, 0.25) is 0 Å². The number of nitrogens with zero attached hydrogens (tertiary/aromatic N) is 3. The van der Waals surface area contributed by atoms with E-state index in [2.05, 4.69) is 24.7 Å². The second kappa shape index (κ2) is 9.41. The number of benzene rings is 2. The van der Waals surface area contributed by atoms with E-state index in [9.17, 15) is 18.0 Å². The van der Waals surface area contributed by atoms with Gasteiger partial charge < -0.3 is 14.2 Å². The Labute approximate surface area is 220 Å². The van der Waals surface area contributed by atoms with Crippen molar-refractivity contribution in [3.8, 4) is 22.6 Å². The molecule has 1 aliphatic carbocycles. The van der Waals surface area contributed by atoms with Gasteiger partial charge in [0.15, 0.2) is 5.82 Å². The number of halogens is 3. The molecule has 7 rings (SSSR count). The highest BCUT2D eigenvalue weighted by molar-refractivity contribution is 5.65. The lowest BCUT2D eigenvalue weighted by molar-refractivity contribution is 0.0147. The molecular weight excluding hydrogens is 513 g/mol. The predicted molar refractivity (Wildman–Crippen MR) is 133 cm³/mol. The van der Waals surface area contributed by atoms with Crippen molar-refractivity contribution < 1.29 is 27.0 Å². The summed E-state index contributed by atoms with van der Waals surface area (Å²) in [7, 11) is 0. The lowest BCUT2D eigenvalue weighted by Crippen LogP contribution is -2.45. The summed E-state index contributed by atoms with van der Waals surface area (Å²) in [6.07, 6.45) is 5.22. The van der Waals surface area contributed by atoms with Gasteiger partial charge in [0.25, 0.3) is 0 Å². The largest absolute Gasteiger partial charge is 0.439 e. The summed E-state index contributed by atoms with van der Waals surface area (Å²) >= 11 is 0. The Kier molecular flexibility index (Phi) is 5.84. The van der Waals surface area contributed by atoms with E-state index in [1.165, 1.54) is 24.3 Å². The predicted octanol–water partition coefficient (Wildman–Crippen LogP) is 5.70. The Bertz CT molecular complexity index is 1560. The zero-order valence-electron chi connectivity index (χ0n) is 20.8. The van der Waals surface area contributed by atoms with Crippen LogP contribution in [0.15, 0.2) is 50.2 Å². The van der Waals surface area contributed by atoms with Gasteiger partial charge in [-0.25, -0.2) is 18.0 Å². The molecule has 2 aliphatic heterocycles. The number of nitrogens with one attached hydrogen (secondary N) is 1. The number of anilines is 1. The SMILES string of the molecule is O=c1[nH]c(-c2ccc(N3[C@@H]4CC[C@H]3C[C@@H](OCc3c(-c5c(F)cccc5F)noc3C3CC3)C4)cc2F)no1.